The maximum absolute atomic E-state index is 13.2. The Morgan fingerprint density at radius 3 is 2.65 bits per heavy atom. The summed E-state index contributed by atoms with van der Waals surface area (Å²) in [7, 11) is 8.06. The van der Waals surface area contributed by atoms with Gasteiger partial charge in [0, 0.05) is 54.6 Å². The van der Waals surface area contributed by atoms with E-state index in [2.05, 4.69) is 25.4 Å². The van der Waals surface area contributed by atoms with E-state index in [-0.39, 0.29) is 6.04 Å². The highest BCUT2D eigenvalue weighted by Gasteiger charge is 2.36. The standard InChI is InChI=1S/C23H29F3N8O3/c1-31(2)20-15-9-14(10-27-19(15)29-30-20)34-7-6-17(18(12-34)37-5)33(4)22(36)28-16-8-13(23(24,25)26)11-32(3)21(16)35/h8-11,17-18H,6-7,12H2,1-5H3,(H,28,36)(H,27,29,30)/t17-,18+/m0/s1. The third-order valence-electron chi connectivity index (χ3n) is 6.57. The van der Waals surface area contributed by atoms with Crippen LogP contribution in [-0.2, 0) is 18.0 Å². The monoisotopic (exact) mass is 522 g/mol. The normalized spacial score (nSPS) is 18.2. The van der Waals surface area contributed by atoms with Crippen molar-refractivity contribution >= 4 is 34.3 Å². The van der Waals surface area contributed by atoms with Gasteiger partial charge in [0.1, 0.15) is 5.69 Å². The number of amides is 2. The second kappa shape index (κ2) is 9.92. The number of nitrogens with one attached hydrogen (secondary N) is 2. The van der Waals surface area contributed by atoms with Crippen LogP contribution in [0.4, 0.5) is 35.2 Å². The molecule has 3 aromatic rings. The van der Waals surface area contributed by atoms with Crippen LogP contribution in [0.5, 0.6) is 0 Å². The van der Waals surface area contributed by atoms with Crippen LogP contribution in [0, 0.1) is 0 Å². The summed E-state index contributed by atoms with van der Waals surface area (Å²) in [6.07, 6.45) is -2.11. The molecule has 1 saturated heterocycles. The van der Waals surface area contributed by atoms with E-state index in [0.717, 1.165) is 21.5 Å². The Morgan fingerprint density at radius 2 is 2.00 bits per heavy atom. The number of aryl methyl sites for hydroxylation is 1. The summed E-state index contributed by atoms with van der Waals surface area (Å²) in [6, 6.07) is 1.56. The van der Waals surface area contributed by atoms with Gasteiger partial charge in [0.25, 0.3) is 5.56 Å². The number of rotatable bonds is 5. The number of hydrogen-bond donors (Lipinski definition) is 2. The summed E-state index contributed by atoms with van der Waals surface area (Å²) in [5, 5.41) is 10.4. The van der Waals surface area contributed by atoms with Crippen LogP contribution >= 0.6 is 0 Å². The van der Waals surface area contributed by atoms with Crippen molar-refractivity contribution in [1.82, 2.24) is 24.6 Å². The van der Waals surface area contributed by atoms with Crippen LogP contribution in [0.15, 0.2) is 29.3 Å². The first kappa shape index (κ1) is 26.3. The lowest BCUT2D eigenvalue weighted by Crippen LogP contribution is -2.56. The van der Waals surface area contributed by atoms with Gasteiger partial charge in [0.05, 0.1) is 35.0 Å². The summed E-state index contributed by atoms with van der Waals surface area (Å²) >= 11 is 0. The van der Waals surface area contributed by atoms with E-state index in [1.54, 1.807) is 6.20 Å². The Bertz CT molecular complexity index is 1350. The predicted molar refractivity (Wildman–Crippen MR) is 133 cm³/mol. The molecule has 200 valence electrons. The van der Waals surface area contributed by atoms with Crippen molar-refractivity contribution < 1.29 is 22.7 Å². The molecule has 0 unspecified atom stereocenters. The lowest BCUT2D eigenvalue weighted by Gasteiger charge is -2.42. The fourth-order valence-corrected chi connectivity index (χ4v) is 4.52. The maximum Gasteiger partial charge on any atom is 0.417 e. The van der Waals surface area contributed by atoms with Gasteiger partial charge in [0.15, 0.2) is 11.5 Å². The minimum absolute atomic E-state index is 0.376. The molecule has 1 fully saturated rings. The summed E-state index contributed by atoms with van der Waals surface area (Å²) in [4.78, 5) is 35.1. The number of H-pyrrole nitrogens is 1. The van der Waals surface area contributed by atoms with Gasteiger partial charge in [-0.15, -0.1) is 0 Å². The number of hydrogen-bond acceptors (Lipinski definition) is 7. The summed E-state index contributed by atoms with van der Waals surface area (Å²) in [6.45, 7) is 1.03. The Balaban J connectivity index is 1.50. The fourth-order valence-electron chi connectivity index (χ4n) is 4.52. The van der Waals surface area contributed by atoms with Crippen molar-refractivity contribution in [3.8, 4) is 0 Å². The maximum atomic E-state index is 13.2. The van der Waals surface area contributed by atoms with Gasteiger partial charge in [-0.25, -0.2) is 9.78 Å². The van der Waals surface area contributed by atoms with Crippen LogP contribution < -0.4 is 20.7 Å². The molecule has 11 nitrogen and oxygen atoms in total. The smallest absolute Gasteiger partial charge is 0.377 e. The molecule has 14 heteroatoms. The minimum atomic E-state index is -4.66. The van der Waals surface area contributed by atoms with Gasteiger partial charge in [-0.1, -0.05) is 0 Å². The van der Waals surface area contributed by atoms with Crippen molar-refractivity contribution in [3.63, 3.8) is 0 Å². The number of aromatic amines is 1. The summed E-state index contributed by atoms with van der Waals surface area (Å²) in [5.74, 6) is 0.764. The molecule has 37 heavy (non-hydrogen) atoms. The van der Waals surface area contributed by atoms with E-state index in [1.807, 2.05) is 25.1 Å². The number of methoxy groups -OCH3 is 1. The van der Waals surface area contributed by atoms with Crippen LogP contribution in [0.25, 0.3) is 11.0 Å². The average molecular weight is 523 g/mol. The van der Waals surface area contributed by atoms with E-state index in [0.29, 0.717) is 37.4 Å². The fraction of sp³-hybridized carbons (Fsp3) is 0.478. The minimum Gasteiger partial charge on any atom is -0.377 e. The average Bonchev–Trinajstić information content (AvgIpc) is 3.28. The Kier molecular flexibility index (Phi) is 7.04. The first-order chi connectivity index (χ1) is 17.4. The number of carbonyl (C=O) groups excluding carboxylic acids is 1. The first-order valence-corrected chi connectivity index (χ1v) is 11.5. The van der Waals surface area contributed by atoms with E-state index in [1.165, 1.54) is 26.1 Å². The SMILES string of the molecule is CO[C@@H]1CN(c2cnc3[nH]nc(N(C)C)c3c2)CC[C@@H]1N(C)C(=O)Nc1cc(C(F)(F)F)cn(C)c1=O. The number of anilines is 3. The highest BCUT2D eigenvalue weighted by Crippen LogP contribution is 2.31. The Labute approximate surface area is 210 Å². The summed E-state index contributed by atoms with van der Waals surface area (Å²) in [5.41, 5.74) is -0.681. The molecule has 1 aliphatic rings. The van der Waals surface area contributed by atoms with Gasteiger partial charge in [0.2, 0.25) is 0 Å². The zero-order valence-corrected chi connectivity index (χ0v) is 21.1. The molecule has 3 aromatic heterocycles. The number of nitrogens with zero attached hydrogens (tertiary/aromatic N) is 6. The van der Waals surface area contributed by atoms with Gasteiger partial charge in [-0.3, -0.25) is 9.89 Å². The van der Waals surface area contributed by atoms with Crippen molar-refractivity contribution in [2.75, 3.05) is 56.5 Å². The van der Waals surface area contributed by atoms with Crippen molar-refractivity contribution in [1.29, 1.82) is 0 Å². The lowest BCUT2D eigenvalue weighted by molar-refractivity contribution is -0.138. The van der Waals surface area contributed by atoms with Crippen LogP contribution in [0.1, 0.15) is 12.0 Å². The molecule has 0 aliphatic carbocycles. The molecular weight excluding hydrogens is 493 g/mol. The Morgan fingerprint density at radius 1 is 1.27 bits per heavy atom. The highest BCUT2D eigenvalue weighted by atomic mass is 19.4. The van der Waals surface area contributed by atoms with Crippen molar-refractivity contribution in [3.05, 3.63) is 40.4 Å². The van der Waals surface area contributed by atoms with Gasteiger partial charge >= 0.3 is 12.2 Å². The van der Waals surface area contributed by atoms with Crippen LogP contribution in [0.3, 0.4) is 0 Å². The molecule has 0 bridgehead atoms. The quantitative estimate of drug-likeness (QED) is 0.530. The molecule has 2 atom stereocenters. The zero-order chi connectivity index (χ0) is 27.1. The molecule has 0 spiro atoms. The molecule has 2 amide bonds. The van der Waals surface area contributed by atoms with E-state index in [4.69, 9.17) is 4.74 Å². The van der Waals surface area contributed by atoms with Crippen molar-refractivity contribution in [2.24, 2.45) is 7.05 Å². The third kappa shape index (κ3) is 5.19. The molecule has 2 N–H and O–H groups in total. The Hall–Kier alpha value is -3.81. The molecule has 4 heterocycles. The second-order valence-corrected chi connectivity index (χ2v) is 9.20. The van der Waals surface area contributed by atoms with Crippen LogP contribution in [-0.4, -0.2) is 84.2 Å². The molecular formula is C23H29F3N8O3. The van der Waals surface area contributed by atoms with Gasteiger partial charge in [-0.05, 0) is 18.6 Å². The zero-order valence-electron chi connectivity index (χ0n) is 21.1. The number of carbonyl (C=O) groups is 1. The number of pyridine rings is 2. The number of likely N-dealkylation sites (N-methyl/N-ethyl adjacent to an activating group) is 1. The number of halogens is 3. The number of alkyl halides is 3. The number of piperidine rings is 1. The molecule has 0 radical (unpaired) electrons. The number of fused-ring (bicyclic) bond motifs is 1. The number of aromatic nitrogens is 4. The van der Waals surface area contributed by atoms with E-state index >= 15 is 0 Å². The van der Waals surface area contributed by atoms with Gasteiger partial charge < -0.3 is 29.3 Å². The third-order valence-corrected chi connectivity index (χ3v) is 6.57. The number of ether oxygens (including phenoxy) is 1. The molecule has 4 rings (SSSR count). The molecule has 0 aromatic carbocycles. The highest BCUT2D eigenvalue weighted by molar-refractivity contribution is 5.90. The van der Waals surface area contributed by atoms with Crippen LogP contribution in [0.2, 0.25) is 0 Å². The predicted octanol–water partition coefficient (Wildman–Crippen LogP) is 2.50. The lowest BCUT2D eigenvalue weighted by atomic mass is 10.00. The largest absolute Gasteiger partial charge is 0.417 e. The second-order valence-electron chi connectivity index (χ2n) is 9.20. The van der Waals surface area contributed by atoms with Gasteiger partial charge in [-0.2, -0.15) is 18.3 Å². The number of urea groups is 1. The van der Waals surface area contributed by atoms with E-state index < -0.39 is 35.1 Å². The summed E-state index contributed by atoms with van der Waals surface area (Å²) < 4.78 is 46.1. The molecule has 1 aliphatic heterocycles. The topological polar surface area (TPSA) is 112 Å². The van der Waals surface area contributed by atoms with Crippen molar-refractivity contribution in [2.45, 2.75) is 24.7 Å². The first-order valence-electron chi connectivity index (χ1n) is 11.5. The van der Waals surface area contributed by atoms with E-state index in [9.17, 15) is 22.8 Å². The molecule has 0 saturated carbocycles.